The van der Waals surface area contributed by atoms with Gasteiger partial charge in [0.1, 0.15) is 16.9 Å². The Kier molecular flexibility index (Phi) is 6.53. The van der Waals surface area contributed by atoms with Crippen LogP contribution in [0.5, 0.6) is 0 Å². The zero-order valence-electron chi connectivity index (χ0n) is 17.7. The number of anilines is 1. The predicted molar refractivity (Wildman–Crippen MR) is 119 cm³/mol. The summed E-state index contributed by atoms with van der Waals surface area (Å²) >= 11 is 0. The van der Waals surface area contributed by atoms with Crippen LogP contribution in [0.15, 0.2) is 45.6 Å². The second-order valence-electron chi connectivity index (χ2n) is 7.45. The highest BCUT2D eigenvalue weighted by molar-refractivity contribution is 6.07. The Labute approximate surface area is 171 Å². The molecular formula is C25H29NO3. The maximum absolute atomic E-state index is 13.3. The molecule has 0 aliphatic rings. The molecule has 0 saturated carbocycles. The Morgan fingerprint density at radius 3 is 2.34 bits per heavy atom. The largest absolute Gasteiger partial charge is 0.460 e. The monoisotopic (exact) mass is 391 g/mol. The summed E-state index contributed by atoms with van der Waals surface area (Å²) in [4.78, 5) is 26.5. The zero-order valence-corrected chi connectivity index (χ0v) is 17.7. The normalized spacial score (nSPS) is 11.0. The summed E-state index contributed by atoms with van der Waals surface area (Å²) in [6.45, 7) is 8.15. The molecule has 0 saturated heterocycles. The number of hydrogen-bond acceptors (Lipinski definition) is 3. The molecule has 0 spiro atoms. The van der Waals surface area contributed by atoms with Gasteiger partial charge in [0.05, 0.1) is 5.39 Å². The van der Waals surface area contributed by atoms with E-state index >= 15 is 0 Å². The van der Waals surface area contributed by atoms with E-state index in [1.165, 1.54) is 0 Å². The minimum absolute atomic E-state index is 0.128. The van der Waals surface area contributed by atoms with Gasteiger partial charge in [-0.2, -0.15) is 0 Å². The summed E-state index contributed by atoms with van der Waals surface area (Å²) in [6.07, 6.45) is 3.98. The van der Waals surface area contributed by atoms with E-state index in [4.69, 9.17) is 4.42 Å². The fourth-order valence-corrected chi connectivity index (χ4v) is 3.67. The third-order valence-corrected chi connectivity index (χ3v) is 5.34. The van der Waals surface area contributed by atoms with Gasteiger partial charge < -0.3 is 9.73 Å². The van der Waals surface area contributed by atoms with Gasteiger partial charge in [-0.15, -0.1) is 0 Å². The topological polar surface area (TPSA) is 59.3 Å². The number of benzene rings is 2. The SMILES string of the molecule is CCCCc1oc2cc(C)ccc2c(=O)c1C(=O)Nc1c(CC)cccc1CC. The summed E-state index contributed by atoms with van der Waals surface area (Å²) in [5, 5.41) is 3.48. The van der Waals surface area contributed by atoms with Crippen LogP contribution in [0, 0.1) is 6.92 Å². The van der Waals surface area contributed by atoms with Gasteiger partial charge in [0.15, 0.2) is 0 Å². The molecule has 152 valence electrons. The first kappa shape index (κ1) is 20.8. The van der Waals surface area contributed by atoms with E-state index in [0.29, 0.717) is 23.2 Å². The van der Waals surface area contributed by atoms with Gasteiger partial charge in [-0.05, 0) is 55.0 Å². The van der Waals surface area contributed by atoms with Crippen molar-refractivity contribution in [1.82, 2.24) is 0 Å². The molecule has 1 heterocycles. The van der Waals surface area contributed by atoms with Crippen molar-refractivity contribution in [2.75, 3.05) is 5.32 Å². The number of unbranched alkanes of at least 4 members (excludes halogenated alkanes) is 1. The molecule has 0 aliphatic heterocycles. The third kappa shape index (κ3) is 4.26. The Balaban J connectivity index is 2.13. The van der Waals surface area contributed by atoms with Crippen molar-refractivity contribution in [2.24, 2.45) is 0 Å². The second kappa shape index (κ2) is 9.08. The molecule has 0 radical (unpaired) electrons. The van der Waals surface area contributed by atoms with E-state index in [1.807, 2.05) is 37.3 Å². The highest BCUT2D eigenvalue weighted by Gasteiger charge is 2.22. The van der Waals surface area contributed by atoms with E-state index in [1.54, 1.807) is 6.07 Å². The van der Waals surface area contributed by atoms with Crippen molar-refractivity contribution >= 4 is 22.6 Å². The Morgan fingerprint density at radius 2 is 1.72 bits per heavy atom. The summed E-state index contributed by atoms with van der Waals surface area (Å²) in [5.74, 6) is 0.0856. The highest BCUT2D eigenvalue weighted by Crippen LogP contribution is 2.25. The van der Waals surface area contributed by atoms with Gasteiger partial charge in [0.25, 0.3) is 5.91 Å². The second-order valence-corrected chi connectivity index (χ2v) is 7.45. The summed E-state index contributed by atoms with van der Waals surface area (Å²) in [6, 6.07) is 11.5. The molecule has 0 unspecified atom stereocenters. The first-order valence-electron chi connectivity index (χ1n) is 10.5. The molecule has 0 fully saturated rings. The van der Waals surface area contributed by atoms with Crippen molar-refractivity contribution in [2.45, 2.75) is 59.8 Å². The standard InChI is InChI=1S/C25H29NO3/c1-5-8-12-20-22(24(27)19-14-13-16(4)15-21(19)29-20)25(28)26-23-17(6-2)10-9-11-18(23)7-3/h9-11,13-15H,5-8,12H2,1-4H3,(H,26,28). The summed E-state index contributed by atoms with van der Waals surface area (Å²) < 4.78 is 6.07. The molecule has 1 aromatic heterocycles. The van der Waals surface area contributed by atoms with Crippen LogP contribution in [0.1, 0.15) is 66.4 Å². The van der Waals surface area contributed by atoms with Crippen molar-refractivity contribution in [3.63, 3.8) is 0 Å². The first-order valence-corrected chi connectivity index (χ1v) is 10.5. The van der Waals surface area contributed by atoms with E-state index < -0.39 is 0 Å². The van der Waals surface area contributed by atoms with E-state index in [9.17, 15) is 9.59 Å². The zero-order chi connectivity index (χ0) is 21.0. The molecular weight excluding hydrogens is 362 g/mol. The highest BCUT2D eigenvalue weighted by atomic mass is 16.3. The number of fused-ring (bicyclic) bond motifs is 1. The molecule has 0 atom stereocenters. The van der Waals surface area contributed by atoms with Crippen LogP contribution in [0.25, 0.3) is 11.0 Å². The molecule has 1 N–H and O–H groups in total. The van der Waals surface area contributed by atoms with Gasteiger partial charge in [0, 0.05) is 12.1 Å². The Bertz CT molecular complexity index is 1070. The number of rotatable bonds is 7. The number of amides is 1. The van der Waals surface area contributed by atoms with Crippen molar-refractivity contribution in [3.8, 4) is 0 Å². The van der Waals surface area contributed by atoms with Gasteiger partial charge in [-0.1, -0.05) is 51.5 Å². The molecule has 29 heavy (non-hydrogen) atoms. The molecule has 3 rings (SSSR count). The Hall–Kier alpha value is -2.88. The number of para-hydroxylation sites is 1. The number of hydrogen-bond donors (Lipinski definition) is 1. The molecule has 1 amide bonds. The molecule has 0 aliphatic carbocycles. The summed E-state index contributed by atoms with van der Waals surface area (Å²) in [5.41, 5.74) is 4.36. The molecule has 3 aromatic rings. The van der Waals surface area contributed by atoms with Crippen LogP contribution < -0.4 is 10.7 Å². The molecule has 4 nitrogen and oxygen atoms in total. The number of nitrogens with one attached hydrogen (secondary N) is 1. The van der Waals surface area contributed by atoms with Gasteiger partial charge in [-0.3, -0.25) is 9.59 Å². The van der Waals surface area contributed by atoms with Gasteiger partial charge in [0.2, 0.25) is 5.43 Å². The lowest BCUT2D eigenvalue weighted by molar-refractivity contribution is 0.102. The van der Waals surface area contributed by atoms with Crippen LogP contribution in [0.2, 0.25) is 0 Å². The van der Waals surface area contributed by atoms with E-state index in [0.717, 1.165) is 48.1 Å². The van der Waals surface area contributed by atoms with Gasteiger partial charge in [-0.25, -0.2) is 0 Å². The lowest BCUT2D eigenvalue weighted by Crippen LogP contribution is -2.25. The maximum atomic E-state index is 13.3. The number of aryl methyl sites for hydroxylation is 4. The Morgan fingerprint density at radius 1 is 1.03 bits per heavy atom. The number of carbonyl (C=O) groups is 1. The van der Waals surface area contributed by atoms with E-state index in [2.05, 4.69) is 26.1 Å². The minimum Gasteiger partial charge on any atom is -0.460 e. The third-order valence-electron chi connectivity index (χ3n) is 5.34. The van der Waals surface area contributed by atoms with Crippen molar-refractivity contribution < 1.29 is 9.21 Å². The van der Waals surface area contributed by atoms with Crippen LogP contribution in [-0.2, 0) is 19.3 Å². The van der Waals surface area contributed by atoms with Crippen LogP contribution >= 0.6 is 0 Å². The summed E-state index contributed by atoms with van der Waals surface area (Å²) in [7, 11) is 0. The average Bonchev–Trinajstić information content (AvgIpc) is 2.71. The fraction of sp³-hybridized carbons (Fsp3) is 0.360. The predicted octanol–water partition coefficient (Wildman–Crippen LogP) is 5.82. The van der Waals surface area contributed by atoms with Crippen molar-refractivity contribution in [1.29, 1.82) is 0 Å². The first-order chi connectivity index (χ1) is 14.0. The lowest BCUT2D eigenvalue weighted by atomic mass is 10.0. The smallest absolute Gasteiger partial charge is 0.263 e. The molecule has 2 aromatic carbocycles. The minimum atomic E-state index is -0.386. The average molecular weight is 392 g/mol. The molecule has 0 bridgehead atoms. The van der Waals surface area contributed by atoms with Crippen LogP contribution in [0.3, 0.4) is 0 Å². The van der Waals surface area contributed by atoms with Crippen LogP contribution in [-0.4, -0.2) is 5.91 Å². The number of carbonyl (C=O) groups excluding carboxylic acids is 1. The van der Waals surface area contributed by atoms with Crippen molar-refractivity contribution in [3.05, 3.63) is 74.6 Å². The molecule has 4 heteroatoms. The fourth-order valence-electron chi connectivity index (χ4n) is 3.67. The van der Waals surface area contributed by atoms with Gasteiger partial charge >= 0.3 is 0 Å². The van der Waals surface area contributed by atoms with E-state index in [-0.39, 0.29) is 16.9 Å². The maximum Gasteiger partial charge on any atom is 0.263 e. The van der Waals surface area contributed by atoms with Crippen LogP contribution in [0.4, 0.5) is 5.69 Å². The quantitative estimate of drug-likeness (QED) is 0.552. The lowest BCUT2D eigenvalue weighted by Gasteiger charge is -2.16.